The van der Waals surface area contributed by atoms with Crippen molar-refractivity contribution >= 4 is 35.1 Å². The quantitative estimate of drug-likeness (QED) is 0.745. The molecule has 7 heteroatoms. The van der Waals surface area contributed by atoms with E-state index in [1.807, 2.05) is 6.07 Å². The Bertz CT molecular complexity index is 567. The fourth-order valence-corrected chi connectivity index (χ4v) is 2.69. The summed E-state index contributed by atoms with van der Waals surface area (Å²) >= 11 is 11.4. The van der Waals surface area contributed by atoms with Crippen molar-refractivity contribution < 1.29 is 14.7 Å². The number of benzene rings is 1. The molecule has 1 atom stereocenters. The molecule has 0 saturated carbocycles. The van der Waals surface area contributed by atoms with Crippen molar-refractivity contribution in [1.82, 2.24) is 4.90 Å². The van der Waals surface area contributed by atoms with E-state index in [0.29, 0.717) is 23.1 Å². The van der Waals surface area contributed by atoms with Gasteiger partial charge in [-0.2, -0.15) is 0 Å². The second kappa shape index (κ2) is 10.5. The zero-order chi connectivity index (χ0) is 18.1. The molecule has 1 aromatic carbocycles. The third-order valence-electron chi connectivity index (χ3n) is 3.82. The van der Waals surface area contributed by atoms with Gasteiger partial charge >= 0.3 is 5.97 Å². The average Bonchev–Trinajstić information content (AvgIpc) is 2.92. The number of carbonyl (C=O) groups excluding carboxylic acids is 1. The van der Waals surface area contributed by atoms with E-state index in [1.165, 1.54) is 0 Å². The van der Waals surface area contributed by atoms with Gasteiger partial charge in [-0.25, -0.2) is 0 Å². The number of carboxylic acids is 1. The van der Waals surface area contributed by atoms with E-state index in [2.05, 4.69) is 6.92 Å². The molecule has 2 rings (SSSR count). The van der Waals surface area contributed by atoms with Gasteiger partial charge in [-0.15, -0.1) is 0 Å². The summed E-state index contributed by atoms with van der Waals surface area (Å²) < 4.78 is 0. The van der Waals surface area contributed by atoms with Crippen molar-refractivity contribution in [1.29, 1.82) is 0 Å². The number of unbranched alkanes of at least 4 members (excludes halogenated alkanes) is 2. The molecule has 1 amide bonds. The van der Waals surface area contributed by atoms with Gasteiger partial charge in [0.25, 0.3) is 0 Å². The Labute approximate surface area is 152 Å². The maximum Gasteiger partial charge on any atom is 0.308 e. The minimum Gasteiger partial charge on any atom is -0.481 e. The van der Waals surface area contributed by atoms with Gasteiger partial charge in [-0.3, -0.25) is 9.59 Å². The highest BCUT2D eigenvalue weighted by atomic mass is 35.5. The lowest BCUT2D eigenvalue weighted by Crippen LogP contribution is -2.27. The summed E-state index contributed by atoms with van der Waals surface area (Å²) in [5, 5.41) is 9.87. The second-order valence-corrected chi connectivity index (χ2v) is 6.55. The van der Waals surface area contributed by atoms with Gasteiger partial charge in [-0.1, -0.05) is 49.0 Å². The summed E-state index contributed by atoms with van der Waals surface area (Å²) in [5.74, 6) is -1.34. The molecule has 0 aromatic heterocycles. The first-order valence-corrected chi connectivity index (χ1v) is 8.79. The summed E-state index contributed by atoms with van der Waals surface area (Å²) in [6.45, 7) is 3.72. The number of likely N-dealkylation sites (tertiary alicyclic amines) is 1. The first-order valence-electron chi connectivity index (χ1n) is 8.03. The first-order chi connectivity index (χ1) is 11.4. The number of amides is 1. The zero-order valence-electron chi connectivity index (χ0n) is 13.8. The SMILES string of the molecule is CCCCCN1CC(C(=O)O)CC1=O.NCc1ccc(Cl)c(Cl)c1. The molecule has 3 N–H and O–H groups in total. The van der Waals surface area contributed by atoms with Crippen LogP contribution in [-0.4, -0.2) is 35.0 Å². The van der Waals surface area contributed by atoms with E-state index >= 15 is 0 Å². The molecule has 24 heavy (non-hydrogen) atoms. The van der Waals surface area contributed by atoms with Crippen LogP contribution >= 0.6 is 23.2 Å². The number of hydrogen-bond acceptors (Lipinski definition) is 3. The number of aliphatic carboxylic acids is 1. The molecular weight excluding hydrogens is 351 g/mol. The van der Waals surface area contributed by atoms with Gasteiger partial charge < -0.3 is 15.7 Å². The number of halogens is 2. The Morgan fingerprint density at radius 2 is 2.04 bits per heavy atom. The maximum absolute atomic E-state index is 11.3. The highest BCUT2D eigenvalue weighted by Gasteiger charge is 2.33. The average molecular weight is 375 g/mol. The maximum atomic E-state index is 11.3. The molecule has 1 aliphatic rings. The van der Waals surface area contributed by atoms with Crippen LogP contribution in [0, 0.1) is 5.92 Å². The topological polar surface area (TPSA) is 83.6 Å². The van der Waals surface area contributed by atoms with E-state index in [0.717, 1.165) is 31.4 Å². The molecule has 1 aliphatic heterocycles. The Morgan fingerprint density at radius 3 is 2.54 bits per heavy atom. The molecule has 1 unspecified atom stereocenters. The highest BCUT2D eigenvalue weighted by molar-refractivity contribution is 6.42. The van der Waals surface area contributed by atoms with Crippen molar-refractivity contribution in [2.24, 2.45) is 11.7 Å². The first kappa shape index (κ1) is 20.7. The van der Waals surface area contributed by atoms with Crippen molar-refractivity contribution in [3.05, 3.63) is 33.8 Å². The fourth-order valence-electron chi connectivity index (χ4n) is 2.37. The monoisotopic (exact) mass is 374 g/mol. The Kier molecular flexibility index (Phi) is 9.11. The Balaban J connectivity index is 0.000000254. The molecule has 1 aromatic rings. The van der Waals surface area contributed by atoms with E-state index in [4.69, 9.17) is 34.0 Å². The highest BCUT2D eigenvalue weighted by Crippen LogP contribution is 2.22. The van der Waals surface area contributed by atoms with Gasteiger partial charge in [0.1, 0.15) is 0 Å². The number of carboxylic acid groups (broad SMARTS) is 1. The normalized spacial score (nSPS) is 16.8. The Morgan fingerprint density at radius 1 is 1.33 bits per heavy atom. The van der Waals surface area contributed by atoms with Crippen LogP contribution in [0.2, 0.25) is 10.0 Å². The molecule has 0 aliphatic carbocycles. The Hall–Kier alpha value is -1.30. The third kappa shape index (κ3) is 6.67. The molecule has 1 saturated heterocycles. The summed E-state index contributed by atoms with van der Waals surface area (Å²) in [6.07, 6.45) is 3.38. The van der Waals surface area contributed by atoms with Gasteiger partial charge in [-0.05, 0) is 24.1 Å². The number of rotatable bonds is 6. The predicted octanol–water partition coefficient (Wildman–Crippen LogP) is 3.56. The fraction of sp³-hybridized carbons (Fsp3) is 0.529. The standard InChI is InChI=1S/C10H17NO3.C7H7Cl2N/c1-2-3-4-5-11-7-8(10(13)14)6-9(11)12;8-6-2-1-5(4-10)3-7(6)9/h8H,2-7H2,1H3,(H,13,14);1-3H,4,10H2. The minimum absolute atomic E-state index is 0.00602. The molecule has 1 heterocycles. The number of nitrogens with zero attached hydrogens (tertiary/aromatic N) is 1. The molecule has 0 bridgehead atoms. The summed E-state index contributed by atoms with van der Waals surface area (Å²) in [6, 6.07) is 5.37. The molecule has 0 spiro atoms. The molecule has 134 valence electrons. The number of carbonyl (C=O) groups is 2. The summed E-state index contributed by atoms with van der Waals surface area (Å²) in [5.41, 5.74) is 6.36. The van der Waals surface area contributed by atoms with Gasteiger partial charge in [0.2, 0.25) is 5.91 Å². The van der Waals surface area contributed by atoms with Gasteiger partial charge in [0.05, 0.1) is 16.0 Å². The number of hydrogen-bond donors (Lipinski definition) is 2. The van der Waals surface area contributed by atoms with Crippen LogP contribution in [0.15, 0.2) is 18.2 Å². The van der Waals surface area contributed by atoms with Crippen molar-refractivity contribution in [2.75, 3.05) is 13.1 Å². The van der Waals surface area contributed by atoms with Crippen LogP contribution < -0.4 is 5.73 Å². The number of nitrogens with two attached hydrogens (primary N) is 1. The van der Waals surface area contributed by atoms with Crippen LogP contribution in [0.1, 0.15) is 38.2 Å². The summed E-state index contributed by atoms with van der Waals surface area (Å²) in [7, 11) is 0. The van der Waals surface area contributed by atoms with Crippen molar-refractivity contribution in [3.8, 4) is 0 Å². The smallest absolute Gasteiger partial charge is 0.308 e. The lowest BCUT2D eigenvalue weighted by Gasteiger charge is -2.15. The van der Waals surface area contributed by atoms with Crippen LogP contribution in [0.25, 0.3) is 0 Å². The van der Waals surface area contributed by atoms with Gasteiger partial charge in [0.15, 0.2) is 0 Å². The lowest BCUT2D eigenvalue weighted by molar-refractivity contribution is -0.141. The summed E-state index contributed by atoms with van der Waals surface area (Å²) in [4.78, 5) is 23.7. The lowest BCUT2D eigenvalue weighted by atomic mass is 10.1. The van der Waals surface area contributed by atoms with Gasteiger partial charge in [0, 0.05) is 26.1 Å². The molecule has 1 fully saturated rings. The van der Waals surface area contributed by atoms with Crippen LogP contribution in [0.3, 0.4) is 0 Å². The molecular formula is C17H24Cl2N2O3. The van der Waals surface area contributed by atoms with E-state index < -0.39 is 11.9 Å². The van der Waals surface area contributed by atoms with Crippen molar-refractivity contribution in [2.45, 2.75) is 39.2 Å². The second-order valence-electron chi connectivity index (χ2n) is 5.74. The largest absolute Gasteiger partial charge is 0.481 e. The van der Waals surface area contributed by atoms with E-state index in [9.17, 15) is 9.59 Å². The zero-order valence-corrected chi connectivity index (χ0v) is 15.3. The van der Waals surface area contributed by atoms with Crippen LogP contribution in [-0.2, 0) is 16.1 Å². The molecule has 0 radical (unpaired) electrons. The molecule has 5 nitrogen and oxygen atoms in total. The van der Waals surface area contributed by atoms with E-state index in [-0.39, 0.29) is 12.3 Å². The van der Waals surface area contributed by atoms with E-state index in [1.54, 1.807) is 17.0 Å². The van der Waals surface area contributed by atoms with Crippen molar-refractivity contribution in [3.63, 3.8) is 0 Å². The minimum atomic E-state index is -0.851. The van der Waals surface area contributed by atoms with Crippen LogP contribution in [0.5, 0.6) is 0 Å². The third-order valence-corrected chi connectivity index (χ3v) is 4.55. The van der Waals surface area contributed by atoms with Crippen LogP contribution in [0.4, 0.5) is 0 Å². The predicted molar refractivity (Wildman–Crippen MR) is 96.2 cm³/mol.